The molecular weight excluding hydrogens is 547 g/mol. The van der Waals surface area contributed by atoms with E-state index in [4.69, 9.17) is 0 Å². The van der Waals surface area contributed by atoms with Gasteiger partial charge in [-0.25, -0.2) is 9.97 Å². The fraction of sp³-hybridized carbons (Fsp3) is 0.407. The molecule has 1 saturated carbocycles. The van der Waals surface area contributed by atoms with Crippen LogP contribution in [-0.2, 0) is 6.18 Å². The number of rotatable bonds is 6. The summed E-state index contributed by atoms with van der Waals surface area (Å²) in [6, 6.07) is 4.84. The van der Waals surface area contributed by atoms with Gasteiger partial charge in [0, 0.05) is 36.6 Å². The number of nitrogens with zero attached hydrogens (tertiary/aromatic N) is 4. The van der Waals surface area contributed by atoms with Gasteiger partial charge in [0.25, 0.3) is 11.8 Å². The van der Waals surface area contributed by atoms with Crippen molar-refractivity contribution in [1.29, 1.82) is 0 Å². The molecule has 2 amide bonds. The van der Waals surface area contributed by atoms with Crippen LogP contribution in [0.2, 0.25) is 0 Å². The van der Waals surface area contributed by atoms with Crippen molar-refractivity contribution in [2.24, 2.45) is 0 Å². The molecule has 7 nitrogen and oxygen atoms in total. The monoisotopic (exact) mass is 573 g/mol. The Labute approximate surface area is 230 Å². The molecule has 204 valence electrons. The molecule has 12 heteroatoms. The number of carbonyl (C=O) groups excluding carboxylic acids is 2. The van der Waals surface area contributed by atoms with E-state index in [1.54, 1.807) is 28.5 Å². The molecule has 6 rings (SSSR count). The van der Waals surface area contributed by atoms with Crippen LogP contribution < -0.4 is 5.32 Å². The number of aryl methyl sites for hydroxylation is 1. The molecule has 0 unspecified atom stereocenters. The molecule has 0 spiro atoms. The van der Waals surface area contributed by atoms with Crippen molar-refractivity contribution in [3.05, 3.63) is 63.5 Å². The maximum atomic E-state index is 13.9. The summed E-state index contributed by atoms with van der Waals surface area (Å²) < 4.78 is 42.1. The maximum Gasteiger partial charge on any atom is 0.416 e. The van der Waals surface area contributed by atoms with Gasteiger partial charge in [-0.3, -0.25) is 14.0 Å². The molecule has 4 aromatic rings. The number of thiazole rings is 2. The van der Waals surface area contributed by atoms with E-state index in [-0.39, 0.29) is 36.0 Å². The number of alkyl halides is 3. The molecule has 2 aliphatic rings. The Balaban J connectivity index is 1.26. The molecule has 3 aromatic heterocycles. The zero-order valence-electron chi connectivity index (χ0n) is 21.1. The smallest absolute Gasteiger partial charge is 0.349 e. The summed E-state index contributed by atoms with van der Waals surface area (Å²) in [6.45, 7) is 2.55. The Hall–Kier alpha value is -3.25. The fourth-order valence-electron chi connectivity index (χ4n) is 5.10. The van der Waals surface area contributed by atoms with Crippen LogP contribution in [0, 0.1) is 6.92 Å². The predicted molar refractivity (Wildman–Crippen MR) is 143 cm³/mol. The molecule has 0 bridgehead atoms. The number of aromatic nitrogens is 3. The highest BCUT2D eigenvalue weighted by Gasteiger charge is 2.36. The van der Waals surface area contributed by atoms with Gasteiger partial charge in [-0.15, -0.1) is 22.7 Å². The lowest BCUT2D eigenvalue weighted by atomic mass is 10.0. The van der Waals surface area contributed by atoms with Crippen LogP contribution in [0.1, 0.15) is 75.3 Å². The van der Waals surface area contributed by atoms with Gasteiger partial charge in [0.2, 0.25) is 0 Å². The summed E-state index contributed by atoms with van der Waals surface area (Å²) in [7, 11) is 0. The highest BCUT2D eigenvalue weighted by Crippen LogP contribution is 2.45. The first-order valence-electron chi connectivity index (χ1n) is 12.9. The topological polar surface area (TPSA) is 79.6 Å². The van der Waals surface area contributed by atoms with Crippen LogP contribution in [0.4, 0.5) is 13.2 Å². The zero-order chi connectivity index (χ0) is 27.3. The van der Waals surface area contributed by atoms with Crippen molar-refractivity contribution in [3.63, 3.8) is 0 Å². The second-order valence-electron chi connectivity index (χ2n) is 10.0. The molecular formula is C27H26F3N5O2S2. The molecule has 1 atom stereocenters. The predicted octanol–water partition coefficient (Wildman–Crippen LogP) is 6.15. The summed E-state index contributed by atoms with van der Waals surface area (Å²) in [5.41, 5.74) is 0.895. The maximum absolute atomic E-state index is 13.9. The third kappa shape index (κ3) is 5.07. The molecule has 2 fully saturated rings. The van der Waals surface area contributed by atoms with Gasteiger partial charge in [0.15, 0.2) is 4.96 Å². The molecule has 1 aromatic carbocycles. The summed E-state index contributed by atoms with van der Waals surface area (Å²) in [5.74, 6) is -0.304. The molecule has 0 radical (unpaired) electrons. The SMILES string of the molecule is Cc1nc2sccn2c1C(=O)NC[C@@H]1CCCCN1C(=O)c1nc(C2CC2)sc1-c1cccc(C(F)(F)F)c1. The molecule has 4 heterocycles. The van der Waals surface area contributed by atoms with Crippen LogP contribution in [-0.4, -0.2) is 50.2 Å². The number of likely N-dealkylation sites (tertiary alicyclic amines) is 1. The van der Waals surface area contributed by atoms with Gasteiger partial charge in [-0.05, 0) is 56.7 Å². The van der Waals surface area contributed by atoms with Crippen molar-refractivity contribution in [2.45, 2.75) is 57.2 Å². The van der Waals surface area contributed by atoms with Gasteiger partial charge < -0.3 is 10.2 Å². The van der Waals surface area contributed by atoms with E-state index in [0.29, 0.717) is 34.8 Å². The van der Waals surface area contributed by atoms with Crippen molar-refractivity contribution in [2.75, 3.05) is 13.1 Å². The van der Waals surface area contributed by atoms with Crippen LogP contribution in [0.25, 0.3) is 15.4 Å². The Bertz CT molecular complexity index is 1550. The van der Waals surface area contributed by atoms with Crippen molar-refractivity contribution < 1.29 is 22.8 Å². The number of hydrogen-bond donors (Lipinski definition) is 1. The van der Waals surface area contributed by atoms with Crippen LogP contribution in [0.5, 0.6) is 0 Å². The Kier molecular flexibility index (Phi) is 6.70. The minimum Gasteiger partial charge on any atom is -0.349 e. The standard InChI is InChI=1S/C27H26F3N5O2S2/c1-15-21(35-11-12-38-26(35)32-15)23(36)31-14-19-7-2-3-10-34(19)25(37)20-22(39-24(33-20)16-8-9-16)17-5-4-6-18(13-17)27(28,29)30/h4-6,11-13,16,19H,2-3,7-10,14H2,1H3,(H,31,36)/t19-/m0/s1. The van der Waals surface area contributed by atoms with E-state index in [2.05, 4.69) is 15.3 Å². The number of piperidine rings is 1. The summed E-state index contributed by atoms with van der Waals surface area (Å²) in [5, 5.41) is 5.65. The molecule has 1 aliphatic carbocycles. The lowest BCUT2D eigenvalue weighted by Gasteiger charge is -2.35. The van der Waals surface area contributed by atoms with Gasteiger partial charge in [0.05, 0.1) is 21.1 Å². The highest BCUT2D eigenvalue weighted by atomic mass is 32.1. The number of hydrogen-bond acceptors (Lipinski definition) is 6. The van der Waals surface area contributed by atoms with E-state index in [1.807, 2.05) is 5.38 Å². The van der Waals surface area contributed by atoms with Gasteiger partial charge in [-0.2, -0.15) is 13.2 Å². The van der Waals surface area contributed by atoms with E-state index >= 15 is 0 Å². The average Bonchev–Trinajstić information content (AvgIpc) is 3.37. The zero-order valence-corrected chi connectivity index (χ0v) is 22.8. The number of carbonyl (C=O) groups is 2. The quantitative estimate of drug-likeness (QED) is 0.300. The molecule has 39 heavy (non-hydrogen) atoms. The second-order valence-corrected chi connectivity index (χ2v) is 11.9. The Morgan fingerprint density at radius 3 is 2.74 bits per heavy atom. The van der Waals surface area contributed by atoms with Crippen LogP contribution in [0.15, 0.2) is 35.8 Å². The van der Waals surface area contributed by atoms with Gasteiger partial charge >= 0.3 is 6.18 Å². The van der Waals surface area contributed by atoms with Gasteiger partial charge in [-0.1, -0.05) is 12.1 Å². The average molecular weight is 574 g/mol. The van der Waals surface area contributed by atoms with Gasteiger partial charge in [0.1, 0.15) is 11.4 Å². The summed E-state index contributed by atoms with van der Waals surface area (Å²) in [4.78, 5) is 39.1. The normalized spacial score (nSPS) is 18.1. The second kappa shape index (κ2) is 10.1. The highest BCUT2D eigenvalue weighted by molar-refractivity contribution is 7.15. The van der Waals surface area contributed by atoms with E-state index in [0.717, 1.165) is 47.8 Å². The van der Waals surface area contributed by atoms with Crippen LogP contribution in [0.3, 0.4) is 0 Å². The fourth-order valence-corrected chi connectivity index (χ4v) is 7.08. The first-order valence-corrected chi connectivity index (χ1v) is 14.6. The van der Waals surface area contributed by atoms with Crippen molar-refractivity contribution >= 4 is 39.4 Å². The molecule has 1 saturated heterocycles. The van der Waals surface area contributed by atoms with E-state index < -0.39 is 11.7 Å². The Morgan fingerprint density at radius 1 is 1.15 bits per heavy atom. The number of benzene rings is 1. The largest absolute Gasteiger partial charge is 0.416 e. The lowest BCUT2D eigenvalue weighted by Crippen LogP contribution is -2.49. The first-order chi connectivity index (χ1) is 18.7. The molecule has 1 aliphatic heterocycles. The minimum absolute atomic E-state index is 0.200. The number of nitrogens with one attached hydrogen (secondary N) is 1. The number of halogens is 3. The van der Waals surface area contributed by atoms with Crippen LogP contribution >= 0.6 is 22.7 Å². The number of fused-ring (bicyclic) bond motifs is 1. The summed E-state index contributed by atoms with van der Waals surface area (Å²) >= 11 is 2.76. The minimum atomic E-state index is -4.48. The number of amides is 2. The lowest BCUT2D eigenvalue weighted by molar-refractivity contribution is -0.137. The van der Waals surface area contributed by atoms with Crippen molar-refractivity contribution in [3.8, 4) is 10.4 Å². The summed E-state index contributed by atoms with van der Waals surface area (Å²) in [6.07, 6.45) is 1.69. The van der Waals surface area contributed by atoms with Crippen molar-refractivity contribution in [1.82, 2.24) is 24.6 Å². The van der Waals surface area contributed by atoms with E-state index in [9.17, 15) is 22.8 Å². The molecule has 1 N–H and O–H groups in total. The number of imidazole rings is 1. The Morgan fingerprint density at radius 2 is 1.97 bits per heavy atom. The first kappa shape index (κ1) is 26.0. The third-order valence-corrected chi connectivity index (χ3v) is 9.29. The van der Waals surface area contributed by atoms with E-state index in [1.165, 1.54) is 28.7 Å². The third-order valence-electron chi connectivity index (χ3n) is 7.26.